The predicted octanol–water partition coefficient (Wildman–Crippen LogP) is 8.36. The van der Waals surface area contributed by atoms with Crippen molar-refractivity contribution in [2.75, 3.05) is 0 Å². The number of nitrogens with zero attached hydrogens (tertiary/aromatic N) is 1. The molecule has 1 aliphatic rings. The zero-order chi connectivity index (χ0) is 24.4. The highest BCUT2D eigenvalue weighted by Crippen LogP contribution is 2.37. The van der Waals surface area contributed by atoms with Crippen molar-refractivity contribution in [3.63, 3.8) is 0 Å². The Bertz CT molecular complexity index is 1310. The maximum Gasteiger partial charge on any atom is 0.293 e. The summed E-state index contributed by atoms with van der Waals surface area (Å²) in [7, 11) is 0. The van der Waals surface area contributed by atoms with Crippen molar-refractivity contribution in [1.29, 1.82) is 0 Å². The van der Waals surface area contributed by atoms with Gasteiger partial charge in [0.05, 0.1) is 11.4 Å². The van der Waals surface area contributed by atoms with E-state index in [1.807, 2.05) is 0 Å². The first-order chi connectivity index (χ1) is 16.2. The highest BCUT2D eigenvalue weighted by Gasteiger charge is 2.36. The molecule has 2 amide bonds. The third kappa shape index (κ3) is 5.61. The van der Waals surface area contributed by atoms with Gasteiger partial charge in [-0.15, -0.1) is 0 Å². The SMILES string of the molecule is O=C1S/C(=C\c2cc(Br)ccc2OCc2ccc(Cl)cc2Cl)C(=O)N1Cc1c(F)cccc1Cl. The lowest BCUT2D eigenvalue weighted by atomic mass is 10.1. The smallest absolute Gasteiger partial charge is 0.293 e. The van der Waals surface area contributed by atoms with E-state index in [9.17, 15) is 14.0 Å². The number of rotatable bonds is 6. The molecule has 1 fully saturated rings. The number of thioether (sulfide) groups is 1. The molecule has 0 saturated carbocycles. The summed E-state index contributed by atoms with van der Waals surface area (Å²) in [5.41, 5.74) is 1.40. The van der Waals surface area contributed by atoms with Crippen molar-refractivity contribution in [3.8, 4) is 5.75 Å². The Hall–Kier alpha value is -2.03. The van der Waals surface area contributed by atoms with E-state index < -0.39 is 17.0 Å². The van der Waals surface area contributed by atoms with E-state index in [4.69, 9.17) is 39.5 Å². The summed E-state index contributed by atoms with van der Waals surface area (Å²) < 4.78 is 20.9. The van der Waals surface area contributed by atoms with Gasteiger partial charge in [0.1, 0.15) is 18.2 Å². The number of hydrogen-bond acceptors (Lipinski definition) is 4. The van der Waals surface area contributed by atoms with Crippen LogP contribution in [-0.2, 0) is 17.9 Å². The molecule has 174 valence electrons. The first-order valence-electron chi connectivity index (χ1n) is 9.77. The lowest BCUT2D eigenvalue weighted by Crippen LogP contribution is -2.28. The minimum atomic E-state index is -0.584. The molecule has 0 atom stereocenters. The molecule has 0 bridgehead atoms. The molecule has 0 radical (unpaired) electrons. The number of hydrogen-bond donors (Lipinski definition) is 0. The summed E-state index contributed by atoms with van der Waals surface area (Å²) in [6, 6.07) is 14.6. The average Bonchev–Trinajstić information content (AvgIpc) is 3.04. The monoisotopic (exact) mass is 599 g/mol. The van der Waals surface area contributed by atoms with E-state index in [1.165, 1.54) is 18.2 Å². The fraction of sp³-hybridized carbons (Fsp3) is 0.0833. The number of carbonyl (C=O) groups excluding carboxylic acids is 2. The zero-order valence-corrected chi connectivity index (χ0v) is 21.8. The standard InChI is InChI=1S/C24H14BrCl3FNO3S/c25-15-5-7-21(33-12-13-4-6-16(26)10-19(13)28)14(8-15)9-22-23(31)30(24(32)34-22)11-17-18(27)2-1-3-20(17)29/h1-10H,11-12H2/b22-9-. The molecular formula is C24H14BrCl3FNO3S. The minimum Gasteiger partial charge on any atom is -0.488 e. The van der Waals surface area contributed by atoms with Gasteiger partial charge in [0, 0.05) is 36.2 Å². The molecule has 0 unspecified atom stereocenters. The molecular weight excluding hydrogens is 588 g/mol. The Morgan fingerprint density at radius 2 is 1.82 bits per heavy atom. The fourth-order valence-electron chi connectivity index (χ4n) is 3.18. The summed E-state index contributed by atoms with van der Waals surface area (Å²) in [6.07, 6.45) is 1.57. The molecule has 0 aromatic heterocycles. The van der Waals surface area contributed by atoms with Gasteiger partial charge in [0.25, 0.3) is 11.1 Å². The Morgan fingerprint density at radius 1 is 1.03 bits per heavy atom. The quantitative estimate of drug-likeness (QED) is 0.267. The van der Waals surface area contributed by atoms with Gasteiger partial charge in [-0.25, -0.2) is 4.39 Å². The van der Waals surface area contributed by atoms with Crippen molar-refractivity contribution in [2.24, 2.45) is 0 Å². The zero-order valence-electron chi connectivity index (χ0n) is 17.2. The first-order valence-corrected chi connectivity index (χ1v) is 12.5. The minimum absolute atomic E-state index is 0.0824. The molecule has 4 nitrogen and oxygen atoms in total. The Balaban J connectivity index is 1.58. The topological polar surface area (TPSA) is 46.6 Å². The molecule has 0 N–H and O–H groups in total. The van der Waals surface area contributed by atoms with Crippen LogP contribution in [0.15, 0.2) is 64.0 Å². The van der Waals surface area contributed by atoms with Gasteiger partial charge in [-0.1, -0.05) is 62.9 Å². The number of ether oxygens (including phenoxy) is 1. The molecule has 3 aromatic rings. The van der Waals surface area contributed by atoms with Crippen molar-refractivity contribution in [3.05, 3.63) is 102 Å². The second-order valence-corrected chi connectivity index (χ2v) is 10.3. The van der Waals surface area contributed by atoms with Crippen molar-refractivity contribution in [1.82, 2.24) is 4.90 Å². The van der Waals surface area contributed by atoms with Gasteiger partial charge in [-0.05, 0) is 60.3 Å². The highest BCUT2D eigenvalue weighted by atomic mass is 79.9. The summed E-state index contributed by atoms with van der Waals surface area (Å²) in [5.74, 6) is -0.641. The second kappa shape index (κ2) is 10.7. The molecule has 3 aromatic carbocycles. The van der Waals surface area contributed by atoms with Gasteiger partial charge >= 0.3 is 0 Å². The lowest BCUT2D eigenvalue weighted by molar-refractivity contribution is -0.123. The van der Waals surface area contributed by atoms with E-state index >= 15 is 0 Å². The fourth-order valence-corrected chi connectivity index (χ4v) is 5.07. The maximum absolute atomic E-state index is 14.2. The van der Waals surface area contributed by atoms with Crippen LogP contribution >= 0.6 is 62.5 Å². The van der Waals surface area contributed by atoms with Crippen molar-refractivity contribution >= 4 is 79.7 Å². The van der Waals surface area contributed by atoms with Crippen LogP contribution in [0.3, 0.4) is 0 Å². The Labute approximate surface area is 222 Å². The van der Waals surface area contributed by atoms with Gasteiger partial charge < -0.3 is 4.74 Å². The highest BCUT2D eigenvalue weighted by molar-refractivity contribution is 9.10. The largest absolute Gasteiger partial charge is 0.488 e. The van der Waals surface area contributed by atoms with Crippen LogP contribution in [0.5, 0.6) is 5.75 Å². The van der Waals surface area contributed by atoms with Crippen LogP contribution < -0.4 is 4.74 Å². The third-order valence-electron chi connectivity index (χ3n) is 4.91. The van der Waals surface area contributed by atoms with Gasteiger partial charge in [0.2, 0.25) is 0 Å². The first kappa shape index (κ1) is 25.1. The van der Waals surface area contributed by atoms with E-state index in [0.29, 0.717) is 21.4 Å². The Morgan fingerprint density at radius 3 is 2.56 bits per heavy atom. The number of benzene rings is 3. The Kier molecular flexibility index (Phi) is 7.90. The van der Waals surface area contributed by atoms with E-state index in [0.717, 1.165) is 26.7 Å². The second-order valence-electron chi connectivity index (χ2n) is 7.17. The summed E-state index contributed by atoms with van der Waals surface area (Å²) >= 11 is 22.4. The predicted molar refractivity (Wildman–Crippen MR) is 138 cm³/mol. The van der Waals surface area contributed by atoms with Crippen molar-refractivity contribution in [2.45, 2.75) is 13.2 Å². The summed E-state index contributed by atoms with van der Waals surface area (Å²) in [5, 5.41) is 0.622. The maximum atomic E-state index is 14.2. The van der Waals surface area contributed by atoms with E-state index in [1.54, 1.807) is 42.5 Å². The summed E-state index contributed by atoms with van der Waals surface area (Å²) in [4.78, 5) is 26.7. The van der Waals surface area contributed by atoms with E-state index in [-0.39, 0.29) is 28.6 Å². The van der Waals surface area contributed by atoms with Gasteiger partial charge in [-0.2, -0.15) is 0 Å². The lowest BCUT2D eigenvalue weighted by Gasteiger charge is -2.14. The molecule has 1 aliphatic heterocycles. The van der Waals surface area contributed by atoms with Crippen LogP contribution in [0, 0.1) is 5.82 Å². The summed E-state index contributed by atoms with van der Waals surface area (Å²) in [6.45, 7) is -0.0871. The number of halogens is 5. The number of amides is 2. The molecule has 4 rings (SSSR count). The van der Waals surface area contributed by atoms with Crippen molar-refractivity contribution < 1.29 is 18.7 Å². The molecule has 10 heteroatoms. The van der Waals surface area contributed by atoms with Crippen LogP contribution in [0.2, 0.25) is 15.1 Å². The number of imide groups is 1. The average molecular weight is 602 g/mol. The third-order valence-corrected chi connectivity index (χ3v) is 7.25. The van der Waals surface area contributed by atoms with Crippen LogP contribution in [0.1, 0.15) is 16.7 Å². The van der Waals surface area contributed by atoms with Gasteiger partial charge in [-0.3, -0.25) is 14.5 Å². The molecule has 0 spiro atoms. The normalized spacial score (nSPS) is 14.9. The van der Waals surface area contributed by atoms with E-state index in [2.05, 4.69) is 15.9 Å². The van der Waals surface area contributed by atoms with Crippen LogP contribution in [-0.4, -0.2) is 16.0 Å². The number of carbonyl (C=O) groups is 2. The molecule has 0 aliphatic carbocycles. The van der Waals surface area contributed by atoms with Crippen LogP contribution in [0.25, 0.3) is 6.08 Å². The molecule has 1 saturated heterocycles. The molecule has 1 heterocycles. The molecule has 34 heavy (non-hydrogen) atoms. The van der Waals surface area contributed by atoms with Gasteiger partial charge in [0.15, 0.2) is 0 Å². The van der Waals surface area contributed by atoms with Crippen LogP contribution in [0.4, 0.5) is 9.18 Å².